The molecule has 2 N–H and O–H groups in total. The molecular formula is C32H32Cl2N6O5S. The molecule has 240 valence electrons. The van der Waals surface area contributed by atoms with Gasteiger partial charge in [0.1, 0.15) is 0 Å². The van der Waals surface area contributed by atoms with Gasteiger partial charge in [-0.25, -0.2) is 13.4 Å². The molecule has 1 unspecified atom stereocenters. The van der Waals surface area contributed by atoms with Crippen LogP contribution in [0.4, 0.5) is 5.69 Å². The minimum Gasteiger partial charge on any atom is -0.481 e. The van der Waals surface area contributed by atoms with Gasteiger partial charge in [0.15, 0.2) is 0 Å². The number of amides is 2. The van der Waals surface area contributed by atoms with E-state index in [0.717, 1.165) is 30.2 Å². The number of ether oxygens (including phenoxy) is 1. The quantitative estimate of drug-likeness (QED) is 0.354. The van der Waals surface area contributed by atoms with Crippen molar-refractivity contribution in [3.05, 3.63) is 75.3 Å². The highest BCUT2D eigenvalue weighted by Crippen LogP contribution is 2.46. The molecule has 1 aromatic heterocycles. The lowest BCUT2D eigenvalue weighted by Gasteiger charge is -2.42. The van der Waals surface area contributed by atoms with E-state index in [4.69, 9.17) is 32.9 Å². The molecule has 0 saturated carbocycles. The van der Waals surface area contributed by atoms with Crippen LogP contribution in [0.2, 0.25) is 10.0 Å². The Morgan fingerprint density at radius 1 is 1.04 bits per heavy atom. The highest BCUT2D eigenvalue weighted by molar-refractivity contribution is 7.89. The molecule has 14 heteroatoms. The number of likely N-dealkylation sites (N-methyl/N-ethyl adjacent to an activating group) is 1. The number of pyridine rings is 1. The molecule has 1 fully saturated rings. The van der Waals surface area contributed by atoms with E-state index in [9.17, 15) is 18.0 Å². The summed E-state index contributed by atoms with van der Waals surface area (Å²) >= 11 is 13.9. The summed E-state index contributed by atoms with van der Waals surface area (Å²) in [7, 11) is -0.237. The van der Waals surface area contributed by atoms with Gasteiger partial charge >= 0.3 is 0 Å². The minimum atomic E-state index is -3.60. The number of likely N-dealkylation sites (tertiary alicyclic amines) is 1. The first-order valence-electron chi connectivity index (χ1n) is 14.6. The van der Waals surface area contributed by atoms with E-state index in [1.807, 2.05) is 36.4 Å². The van der Waals surface area contributed by atoms with Crippen molar-refractivity contribution in [1.29, 1.82) is 0 Å². The molecule has 2 amide bonds. The van der Waals surface area contributed by atoms with Crippen LogP contribution in [0.25, 0.3) is 22.4 Å². The first-order chi connectivity index (χ1) is 21.9. The fourth-order valence-corrected chi connectivity index (χ4v) is 7.27. The number of aryl methyl sites for hydroxylation is 1. The van der Waals surface area contributed by atoms with Crippen molar-refractivity contribution in [3.63, 3.8) is 0 Å². The van der Waals surface area contributed by atoms with Crippen molar-refractivity contribution >= 4 is 56.9 Å². The van der Waals surface area contributed by atoms with Gasteiger partial charge in [0, 0.05) is 60.2 Å². The summed E-state index contributed by atoms with van der Waals surface area (Å²) in [5.41, 5.74) is 5.75. The van der Waals surface area contributed by atoms with Crippen LogP contribution in [-0.4, -0.2) is 81.4 Å². The maximum atomic E-state index is 12.9. The number of hydrogen-bond donors (Lipinski definition) is 2. The Balaban J connectivity index is 1.25. The van der Waals surface area contributed by atoms with Gasteiger partial charge in [0.05, 0.1) is 47.3 Å². The van der Waals surface area contributed by atoms with Crippen LogP contribution in [0.1, 0.15) is 23.6 Å². The van der Waals surface area contributed by atoms with Gasteiger partial charge in [0.25, 0.3) is 5.91 Å². The minimum absolute atomic E-state index is 0.00408. The number of fused-ring (bicyclic) bond motifs is 1. The molecule has 0 radical (unpaired) electrons. The molecule has 1 atom stereocenters. The van der Waals surface area contributed by atoms with Gasteiger partial charge in [-0.2, -0.15) is 5.10 Å². The number of carbonyl (C=O) groups is 2. The predicted molar refractivity (Wildman–Crippen MR) is 179 cm³/mol. The second-order valence-electron chi connectivity index (χ2n) is 11.6. The zero-order valence-electron chi connectivity index (χ0n) is 25.4. The monoisotopic (exact) mass is 682 g/mol. The first kappa shape index (κ1) is 32.0. The van der Waals surface area contributed by atoms with Crippen LogP contribution >= 0.6 is 23.2 Å². The van der Waals surface area contributed by atoms with E-state index in [2.05, 4.69) is 20.0 Å². The average molecular weight is 684 g/mol. The summed E-state index contributed by atoms with van der Waals surface area (Å²) in [6, 6.07) is 13.1. The molecule has 46 heavy (non-hydrogen) atoms. The molecule has 2 aromatic carbocycles. The number of methoxy groups -OCH3 is 1. The van der Waals surface area contributed by atoms with Crippen LogP contribution in [0.3, 0.4) is 0 Å². The molecule has 3 aromatic rings. The molecule has 3 aliphatic rings. The smallest absolute Gasteiger partial charge is 0.253 e. The van der Waals surface area contributed by atoms with E-state index >= 15 is 0 Å². The molecule has 1 aliphatic carbocycles. The van der Waals surface area contributed by atoms with Gasteiger partial charge in [0.2, 0.25) is 21.8 Å². The van der Waals surface area contributed by atoms with E-state index in [-0.39, 0.29) is 11.9 Å². The van der Waals surface area contributed by atoms with Crippen LogP contribution in [0, 0.1) is 5.92 Å². The third-order valence-corrected chi connectivity index (χ3v) is 9.76. The zero-order valence-corrected chi connectivity index (χ0v) is 27.7. The molecule has 2 aliphatic heterocycles. The summed E-state index contributed by atoms with van der Waals surface area (Å²) in [5, 5.41) is 9.50. The third kappa shape index (κ3) is 6.35. The molecule has 1 saturated heterocycles. The number of rotatable bonds is 8. The maximum Gasteiger partial charge on any atom is 0.253 e. The SMILES string of the molecule is COc1nc(-c2cccc(-c3cccc(NC(=O)C4=CC=NN(C)C4)c3Cl)c2Cl)cc2c1C(N1CC(C(=O)NS(C)(=O)=O)C1)CC2. The van der Waals surface area contributed by atoms with Crippen molar-refractivity contribution < 1.29 is 22.7 Å². The Hall–Kier alpha value is -3.97. The van der Waals surface area contributed by atoms with Crippen LogP contribution < -0.4 is 14.8 Å². The van der Waals surface area contributed by atoms with Crippen molar-refractivity contribution in [3.8, 4) is 28.3 Å². The Labute approximate surface area is 277 Å². The second kappa shape index (κ2) is 12.7. The Morgan fingerprint density at radius 3 is 2.43 bits per heavy atom. The largest absolute Gasteiger partial charge is 0.481 e. The van der Waals surface area contributed by atoms with Crippen LogP contribution in [0.5, 0.6) is 5.88 Å². The molecule has 3 heterocycles. The molecule has 6 rings (SSSR count). The summed E-state index contributed by atoms with van der Waals surface area (Å²) in [6.45, 7) is 1.29. The van der Waals surface area contributed by atoms with Crippen molar-refractivity contribution in [1.82, 2.24) is 19.6 Å². The number of nitrogens with one attached hydrogen (secondary N) is 2. The summed E-state index contributed by atoms with van der Waals surface area (Å²) < 4.78 is 30.8. The van der Waals surface area contributed by atoms with E-state index in [0.29, 0.717) is 69.2 Å². The Morgan fingerprint density at radius 2 is 1.74 bits per heavy atom. The normalized spacial score (nSPS) is 18.1. The molecule has 11 nitrogen and oxygen atoms in total. The van der Waals surface area contributed by atoms with Crippen molar-refractivity contribution in [2.24, 2.45) is 11.0 Å². The molecule has 0 bridgehead atoms. The maximum absolute atomic E-state index is 12.9. The summed E-state index contributed by atoms with van der Waals surface area (Å²) in [4.78, 5) is 32.2. The topological polar surface area (TPSA) is 133 Å². The van der Waals surface area contributed by atoms with E-state index in [1.54, 1.807) is 37.5 Å². The third-order valence-electron chi connectivity index (χ3n) is 8.37. The van der Waals surface area contributed by atoms with Gasteiger partial charge in [-0.1, -0.05) is 53.5 Å². The number of carbonyl (C=O) groups excluding carboxylic acids is 2. The lowest BCUT2D eigenvalue weighted by atomic mass is 9.94. The number of anilines is 1. The number of allylic oxidation sites excluding steroid dienone is 1. The van der Waals surface area contributed by atoms with Gasteiger partial charge < -0.3 is 10.1 Å². The number of benzene rings is 2. The van der Waals surface area contributed by atoms with Crippen LogP contribution in [0.15, 0.2) is 59.2 Å². The second-order valence-corrected chi connectivity index (χ2v) is 14.1. The number of hydrazone groups is 1. The number of nitrogens with zero attached hydrogens (tertiary/aromatic N) is 4. The lowest BCUT2D eigenvalue weighted by Crippen LogP contribution is -2.55. The summed E-state index contributed by atoms with van der Waals surface area (Å²) in [5.74, 6) is -0.659. The van der Waals surface area contributed by atoms with Crippen molar-refractivity contribution in [2.75, 3.05) is 45.4 Å². The lowest BCUT2D eigenvalue weighted by molar-refractivity contribution is -0.129. The highest BCUT2D eigenvalue weighted by Gasteiger charge is 2.42. The number of aromatic nitrogens is 1. The number of hydrogen-bond acceptors (Lipinski definition) is 9. The highest BCUT2D eigenvalue weighted by atomic mass is 35.5. The zero-order chi connectivity index (χ0) is 32.7. The molecular weight excluding hydrogens is 651 g/mol. The van der Waals surface area contributed by atoms with Gasteiger partial charge in [-0.15, -0.1) is 0 Å². The standard InChI is InChI=1S/C32H32Cl2N6O5S/c1-39-15-19(12-13-35-39)30(41)36-24-9-5-7-22(29(24)34)21-6-4-8-23(28(21)33)25-14-18-10-11-26(27(18)32(37-25)45-2)40-16-20(17-40)31(42)38-46(3,43)44/h4-9,12-14,20,26H,10-11,15-17H2,1-3H3,(H,36,41)(H,38,42). The van der Waals surface area contributed by atoms with E-state index < -0.39 is 21.8 Å². The average Bonchev–Trinajstić information content (AvgIpc) is 3.40. The number of halogens is 2. The Kier molecular flexibility index (Phi) is 8.81. The predicted octanol–water partition coefficient (Wildman–Crippen LogP) is 4.52. The van der Waals surface area contributed by atoms with Crippen LogP contribution in [-0.2, 0) is 26.0 Å². The Bertz CT molecular complexity index is 1910. The van der Waals surface area contributed by atoms with Gasteiger partial charge in [-0.05, 0) is 36.6 Å². The van der Waals surface area contributed by atoms with Gasteiger partial charge in [-0.3, -0.25) is 24.2 Å². The van der Waals surface area contributed by atoms with Crippen molar-refractivity contribution in [2.45, 2.75) is 18.9 Å². The number of sulfonamides is 1. The molecule has 0 spiro atoms. The fourth-order valence-electron chi connectivity index (χ4n) is 6.14. The fraction of sp³-hybridized carbons (Fsp3) is 0.312. The first-order valence-corrected chi connectivity index (χ1v) is 17.2. The summed E-state index contributed by atoms with van der Waals surface area (Å²) in [6.07, 6.45) is 5.83. The van der Waals surface area contributed by atoms with E-state index in [1.165, 1.54) is 0 Å².